The van der Waals surface area contributed by atoms with Gasteiger partial charge in [-0.05, 0) is 44.9 Å². The van der Waals surface area contributed by atoms with Gasteiger partial charge < -0.3 is 9.64 Å². The van der Waals surface area contributed by atoms with Crippen LogP contribution in [0.15, 0.2) is 23.4 Å². The Bertz CT molecular complexity index is 577. The van der Waals surface area contributed by atoms with E-state index in [-0.39, 0.29) is 11.0 Å². The Kier molecular flexibility index (Phi) is 6.31. The molecule has 124 valence electrons. The average molecular weight is 327 g/mol. The van der Waals surface area contributed by atoms with Gasteiger partial charge in [-0.15, -0.1) is 0 Å². The lowest BCUT2D eigenvalue weighted by atomic mass is 10.3. The zero-order chi connectivity index (χ0) is 16.0. The maximum atomic E-state index is 12.2. The van der Waals surface area contributed by atoms with E-state index in [0.717, 1.165) is 44.6 Å². The fourth-order valence-corrected chi connectivity index (χ4v) is 3.67. The first-order valence-corrected chi connectivity index (χ1v) is 9.21. The molecule has 2 heterocycles. The highest BCUT2D eigenvalue weighted by Crippen LogP contribution is 2.09. The fourth-order valence-electron chi connectivity index (χ4n) is 2.55. The van der Waals surface area contributed by atoms with Crippen molar-refractivity contribution in [1.29, 1.82) is 0 Å². The van der Waals surface area contributed by atoms with Crippen LogP contribution in [-0.4, -0.2) is 57.2 Å². The minimum Gasteiger partial charge on any atom is -0.377 e. The second-order valence-corrected chi connectivity index (χ2v) is 7.55. The number of sulfonamides is 1. The van der Waals surface area contributed by atoms with Crippen molar-refractivity contribution in [3.8, 4) is 0 Å². The number of aryl methyl sites for hydroxylation is 1. The summed E-state index contributed by atoms with van der Waals surface area (Å²) in [6, 6.07) is 1.63. The minimum atomic E-state index is -3.46. The summed E-state index contributed by atoms with van der Waals surface area (Å²) in [6.45, 7) is 7.95. The summed E-state index contributed by atoms with van der Waals surface area (Å²) in [4.78, 5) is 6.49. The van der Waals surface area contributed by atoms with E-state index in [4.69, 9.17) is 4.74 Å². The van der Waals surface area contributed by atoms with E-state index in [1.165, 1.54) is 6.20 Å². The first-order chi connectivity index (χ1) is 10.5. The molecule has 0 amide bonds. The monoisotopic (exact) mass is 327 g/mol. The van der Waals surface area contributed by atoms with E-state index in [2.05, 4.69) is 21.5 Å². The molecule has 0 aromatic carbocycles. The molecule has 0 unspecified atom stereocenters. The van der Waals surface area contributed by atoms with E-state index in [0.29, 0.717) is 6.54 Å². The summed E-state index contributed by atoms with van der Waals surface area (Å²) >= 11 is 0. The van der Waals surface area contributed by atoms with E-state index in [1.807, 2.05) is 6.92 Å². The Labute approximate surface area is 132 Å². The molecule has 0 saturated carbocycles. The molecule has 1 aliphatic heterocycles. The quantitative estimate of drug-likeness (QED) is 0.794. The summed E-state index contributed by atoms with van der Waals surface area (Å²) in [7, 11) is -3.46. The van der Waals surface area contributed by atoms with E-state index in [9.17, 15) is 8.42 Å². The molecule has 7 heteroatoms. The summed E-state index contributed by atoms with van der Waals surface area (Å²) < 4.78 is 32.6. The van der Waals surface area contributed by atoms with Gasteiger partial charge in [0.1, 0.15) is 4.90 Å². The number of pyridine rings is 1. The van der Waals surface area contributed by atoms with Gasteiger partial charge in [0.05, 0.1) is 6.10 Å². The molecular weight excluding hydrogens is 302 g/mol. The lowest BCUT2D eigenvalue weighted by Crippen LogP contribution is -2.33. The Morgan fingerprint density at radius 2 is 2.27 bits per heavy atom. The van der Waals surface area contributed by atoms with Crippen LogP contribution in [0.1, 0.15) is 25.3 Å². The summed E-state index contributed by atoms with van der Waals surface area (Å²) in [5, 5.41) is 0. The third-order valence-electron chi connectivity index (χ3n) is 3.64. The largest absolute Gasteiger partial charge is 0.377 e. The lowest BCUT2D eigenvalue weighted by molar-refractivity contribution is 0.0677. The van der Waals surface area contributed by atoms with Crippen LogP contribution in [0, 0.1) is 6.92 Å². The smallest absolute Gasteiger partial charge is 0.242 e. The van der Waals surface area contributed by atoms with Crippen LogP contribution < -0.4 is 4.72 Å². The summed E-state index contributed by atoms with van der Waals surface area (Å²) in [5.74, 6) is 0. The van der Waals surface area contributed by atoms with Crippen molar-refractivity contribution in [1.82, 2.24) is 14.6 Å². The molecule has 6 nitrogen and oxygen atoms in total. The fraction of sp³-hybridized carbons (Fsp3) is 0.667. The molecule has 1 N–H and O–H groups in total. The van der Waals surface area contributed by atoms with Crippen LogP contribution >= 0.6 is 0 Å². The molecule has 1 atom stereocenters. The van der Waals surface area contributed by atoms with Crippen LogP contribution in [0.4, 0.5) is 0 Å². The van der Waals surface area contributed by atoms with Crippen LogP contribution in [-0.2, 0) is 14.8 Å². The maximum Gasteiger partial charge on any atom is 0.242 e. The van der Waals surface area contributed by atoms with E-state index < -0.39 is 10.0 Å². The first-order valence-electron chi connectivity index (χ1n) is 7.72. The van der Waals surface area contributed by atoms with Gasteiger partial charge in [-0.25, -0.2) is 13.1 Å². The topological polar surface area (TPSA) is 71.5 Å². The standard InChI is InChI=1S/C15H25N3O3S/c1-13-9-15(11-16-10-13)22(19,20)17-5-3-6-18-7-4-8-21-14(2)12-18/h9-11,14,17H,3-8,12H2,1-2H3/t14-/m0/s1. The van der Waals surface area contributed by atoms with Crippen molar-refractivity contribution in [3.63, 3.8) is 0 Å². The van der Waals surface area contributed by atoms with Gasteiger partial charge in [0.15, 0.2) is 0 Å². The molecule has 0 bridgehead atoms. The molecule has 0 spiro atoms. The molecule has 22 heavy (non-hydrogen) atoms. The molecule has 1 aromatic heterocycles. The number of hydrogen-bond donors (Lipinski definition) is 1. The summed E-state index contributed by atoms with van der Waals surface area (Å²) in [5.41, 5.74) is 0.835. The Hall–Kier alpha value is -1.02. The van der Waals surface area contributed by atoms with Crippen molar-refractivity contribution in [3.05, 3.63) is 24.0 Å². The zero-order valence-electron chi connectivity index (χ0n) is 13.3. The predicted molar refractivity (Wildman–Crippen MR) is 85.3 cm³/mol. The number of ether oxygens (including phenoxy) is 1. The van der Waals surface area contributed by atoms with Crippen molar-refractivity contribution >= 4 is 10.0 Å². The number of nitrogens with zero attached hydrogens (tertiary/aromatic N) is 2. The normalized spacial score (nSPS) is 20.7. The van der Waals surface area contributed by atoms with Crippen LogP contribution in [0.3, 0.4) is 0 Å². The SMILES string of the molecule is Cc1cncc(S(=O)(=O)NCCCN2CCCO[C@@H](C)C2)c1. The van der Waals surface area contributed by atoms with Gasteiger partial charge in [0.2, 0.25) is 10.0 Å². The van der Waals surface area contributed by atoms with Crippen molar-refractivity contribution < 1.29 is 13.2 Å². The Morgan fingerprint density at radius 3 is 3.05 bits per heavy atom. The second-order valence-electron chi connectivity index (χ2n) is 5.78. The highest BCUT2D eigenvalue weighted by atomic mass is 32.2. The number of aromatic nitrogens is 1. The van der Waals surface area contributed by atoms with Gasteiger partial charge in [-0.1, -0.05) is 0 Å². The van der Waals surface area contributed by atoms with Crippen molar-refractivity contribution in [2.75, 3.05) is 32.8 Å². The second kappa shape index (κ2) is 8.01. The molecule has 0 radical (unpaired) electrons. The average Bonchev–Trinajstić information content (AvgIpc) is 2.68. The molecule has 2 rings (SSSR count). The maximum absolute atomic E-state index is 12.2. The lowest BCUT2D eigenvalue weighted by Gasteiger charge is -2.21. The highest BCUT2D eigenvalue weighted by molar-refractivity contribution is 7.89. The van der Waals surface area contributed by atoms with Gasteiger partial charge in [0, 0.05) is 38.6 Å². The molecule has 0 aliphatic carbocycles. The van der Waals surface area contributed by atoms with Gasteiger partial charge in [-0.3, -0.25) is 4.98 Å². The Morgan fingerprint density at radius 1 is 1.45 bits per heavy atom. The van der Waals surface area contributed by atoms with E-state index >= 15 is 0 Å². The predicted octanol–water partition coefficient (Wildman–Crippen LogP) is 1.17. The number of hydrogen-bond acceptors (Lipinski definition) is 5. The molecule has 1 fully saturated rings. The number of rotatable bonds is 6. The van der Waals surface area contributed by atoms with Crippen LogP contribution in [0.2, 0.25) is 0 Å². The first kappa shape index (κ1) is 17.3. The van der Waals surface area contributed by atoms with Gasteiger partial charge in [-0.2, -0.15) is 0 Å². The molecular formula is C15H25N3O3S. The van der Waals surface area contributed by atoms with Crippen LogP contribution in [0.5, 0.6) is 0 Å². The minimum absolute atomic E-state index is 0.226. The van der Waals surface area contributed by atoms with E-state index in [1.54, 1.807) is 12.3 Å². The van der Waals surface area contributed by atoms with Crippen molar-refractivity contribution in [2.24, 2.45) is 0 Å². The van der Waals surface area contributed by atoms with Gasteiger partial charge in [0.25, 0.3) is 0 Å². The third-order valence-corrected chi connectivity index (χ3v) is 5.07. The zero-order valence-corrected chi connectivity index (χ0v) is 14.1. The van der Waals surface area contributed by atoms with Crippen molar-refractivity contribution in [2.45, 2.75) is 37.7 Å². The molecule has 1 aromatic rings. The molecule has 1 aliphatic rings. The Balaban J connectivity index is 1.78. The number of nitrogens with one attached hydrogen (secondary N) is 1. The highest BCUT2D eigenvalue weighted by Gasteiger charge is 2.16. The third kappa shape index (κ3) is 5.31. The molecule has 1 saturated heterocycles. The van der Waals surface area contributed by atoms with Crippen LogP contribution in [0.25, 0.3) is 0 Å². The van der Waals surface area contributed by atoms with Gasteiger partial charge >= 0.3 is 0 Å². The summed E-state index contributed by atoms with van der Waals surface area (Å²) in [6.07, 6.45) is 5.08.